The Morgan fingerprint density at radius 2 is 1.28 bits per heavy atom. The third-order valence-electron chi connectivity index (χ3n) is 5.02. The molecule has 2 amide bonds. The lowest BCUT2D eigenvalue weighted by atomic mass is 10.1. The number of hydrogen-bond donors (Lipinski definition) is 0. The summed E-state index contributed by atoms with van der Waals surface area (Å²) in [5, 5.41) is 0. The molecule has 0 saturated carbocycles. The molecule has 4 nitrogen and oxygen atoms in total. The topological polar surface area (TPSA) is 37.4 Å². The van der Waals surface area contributed by atoms with Crippen molar-refractivity contribution in [2.24, 2.45) is 0 Å². The molecule has 0 aliphatic carbocycles. The van der Waals surface area contributed by atoms with Crippen LogP contribution in [0, 0.1) is 0 Å². The molecular weight excluding hydrogens is 312 g/mol. The first-order valence-electron chi connectivity index (χ1n) is 9.73. The van der Waals surface area contributed by atoms with Gasteiger partial charge >= 0.3 is 0 Å². The molecule has 0 atom stereocenters. The van der Waals surface area contributed by atoms with Crippen LogP contribution < -0.4 is 0 Å². The number of rotatable bonds is 11. The lowest BCUT2D eigenvalue weighted by Crippen LogP contribution is -2.50. The van der Waals surface area contributed by atoms with Gasteiger partial charge in [-0.15, -0.1) is 0 Å². The lowest BCUT2D eigenvalue weighted by Gasteiger charge is -2.32. The van der Waals surface area contributed by atoms with Gasteiger partial charge in [0.15, 0.2) is 6.67 Å². The Hall–Kier alpha value is -1.68. The molecule has 1 aromatic carbocycles. The van der Waals surface area contributed by atoms with Gasteiger partial charge in [0.1, 0.15) is 0 Å². The first-order chi connectivity index (χ1) is 12.0. The summed E-state index contributed by atoms with van der Waals surface area (Å²) in [6, 6.07) is 7.12. The second-order valence-electron chi connectivity index (χ2n) is 7.86. The Kier molecular flexibility index (Phi) is 7.18. The fourth-order valence-electron chi connectivity index (χ4n) is 3.49. The standard InChI is InChI=1S/C21H33N2O2/c1-4-5-6-7-8-9-10-13-16-23(2,3)17-22-20(24)18-14-11-12-15-19(18)21(22)25/h11-12,14-15H,4-10,13,16-17H2,1-3H3/q+1. The maximum absolute atomic E-state index is 12.5. The van der Waals surface area contributed by atoms with Crippen LogP contribution in [0.4, 0.5) is 0 Å². The summed E-state index contributed by atoms with van der Waals surface area (Å²) in [5.41, 5.74) is 1.08. The van der Waals surface area contributed by atoms with Crippen LogP contribution in [0.3, 0.4) is 0 Å². The quantitative estimate of drug-likeness (QED) is 0.337. The van der Waals surface area contributed by atoms with Crippen LogP contribution in [0.15, 0.2) is 24.3 Å². The largest absolute Gasteiger partial charge is 0.311 e. The maximum Gasteiger partial charge on any atom is 0.265 e. The Morgan fingerprint density at radius 3 is 1.80 bits per heavy atom. The van der Waals surface area contributed by atoms with E-state index in [0.29, 0.717) is 22.3 Å². The van der Waals surface area contributed by atoms with Crippen LogP contribution in [0.2, 0.25) is 0 Å². The molecule has 138 valence electrons. The number of hydrogen-bond acceptors (Lipinski definition) is 2. The summed E-state index contributed by atoms with van der Waals surface area (Å²) in [6.45, 7) is 3.68. The van der Waals surface area contributed by atoms with Crippen LogP contribution >= 0.6 is 0 Å². The van der Waals surface area contributed by atoms with Gasteiger partial charge in [0.25, 0.3) is 11.8 Å². The van der Waals surface area contributed by atoms with E-state index in [2.05, 4.69) is 21.0 Å². The minimum absolute atomic E-state index is 0.150. The van der Waals surface area contributed by atoms with E-state index >= 15 is 0 Å². The van der Waals surface area contributed by atoms with E-state index in [-0.39, 0.29) is 11.8 Å². The highest BCUT2D eigenvalue weighted by atomic mass is 16.2. The zero-order chi connectivity index (χ0) is 18.3. The van der Waals surface area contributed by atoms with Gasteiger partial charge in [0.05, 0.1) is 31.8 Å². The summed E-state index contributed by atoms with van der Waals surface area (Å²) < 4.78 is 0.668. The fourth-order valence-corrected chi connectivity index (χ4v) is 3.49. The van der Waals surface area contributed by atoms with Crippen LogP contribution in [-0.4, -0.2) is 48.5 Å². The number of imide groups is 1. The number of carbonyl (C=O) groups is 2. The van der Waals surface area contributed by atoms with Gasteiger partial charge in [-0.25, -0.2) is 4.90 Å². The van der Waals surface area contributed by atoms with E-state index in [4.69, 9.17) is 0 Å². The van der Waals surface area contributed by atoms with Crippen molar-refractivity contribution >= 4 is 11.8 Å². The molecule has 0 spiro atoms. The predicted molar refractivity (Wildman–Crippen MR) is 101 cm³/mol. The Bertz CT molecular complexity index is 560. The molecule has 1 aromatic rings. The first kappa shape index (κ1) is 19.6. The molecule has 0 bridgehead atoms. The van der Waals surface area contributed by atoms with Crippen LogP contribution in [0.25, 0.3) is 0 Å². The molecule has 4 heteroatoms. The summed E-state index contributed by atoms with van der Waals surface area (Å²) >= 11 is 0. The highest BCUT2D eigenvalue weighted by molar-refractivity contribution is 6.21. The van der Waals surface area contributed by atoms with Gasteiger partial charge in [-0.05, 0) is 25.0 Å². The minimum Gasteiger partial charge on any atom is -0.311 e. The number of amides is 2. The molecule has 1 heterocycles. The van der Waals surface area contributed by atoms with E-state index < -0.39 is 0 Å². The van der Waals surface area contributed by atoms with Gasteiger partial charge in [-0.3, -0.25) is 9.59 Å². The van der Waals surface area contributed by atoms with Crippen molar-refractivity contribution in [1.29, 1.82) is 0 Å². The van der Waals surface area contributed by atoms with Gasteiger partial charge in [-0.2, -0.15) is 0 Å². The SMILES string of the molecule is CCCCCCCCCC[N+](C)(C)CN1C(=O)c2ccccc2C1=O. The lowest BCUT2D eigenvalue weighted by molar-refractivity contribution is -0.897. The van der Waals surface area contributed by atoms with Gasteiger partial charge in [-0.1, -0.05) is 57.6 Å². The third kappa shape index (κ3) is 5.40. The first-order valence-corrected chi connectivity index (χ1v) is 9.73. The molecule has 2 rings (SSSR count). The maximum atomic E-state index is 12.5. The number of nitrogens with zero attached hydrogens (tertiary/aromatic N) is 2. The molecule has 25 heavy (non-hydrogen) atoms. The van der Waals surface area contributed by atoms with Crippen molar-refractivity contribution < 1.29 is 14.1 Å². The second-order valence-corrected chi connectivity index (χ2v) is 7.86. The van der Waals surface area contributed by atoms with Crippen molar-refractivity contribution in [3.05, 3.63) is 35.4 Å². The zero-order valence-corrected chi connectivity index (χ0v) is 16.1. The molecule has 0 fully saturated rings. The van der Waals surface area contributed by atoms with E-state index in [1.54, 1.807) is 12.1 Å². The number of benzene rings is 1. The summed E-state index contributed by atoms with van der Waals surface area (Å²) in [7, 11) is 4.20. The number of fused-ring (bicyclic) bond motifs is 1. The van der Waals surface area contributed by atoms with E-state index in [9.17, 15) is 9.59 Å². The molecule has 0 saturated heterocycles. The van der Waals surface area contributed by atoms with Gasteiger partial charge in [0, 0.05) is 0 Å². The molecule has 0 unspecified atom stereocenters. The predicted octanol–water partition coefficient (Wildman–Crippen LogP) is 4.46. The molecule has 0 N–H and O–H groups in total. The molecular formula is C21H33N2O2+. The molecule has 0 aromatic heterocycles. The Morgan fingerprint density at radius 1 is 0.800 bits per heavy atom. The highest BCUT2D eigenvalue weighted by Crippen LogP contribution is 2.23. The smallest absolute Gasteiger partial charge is 0.265 e. The van der Waals surface area contributed by atoms with E-state index in [0.717, 1.165) is 13.0 Å². The molecule has 1 aliphatic rings. The minimum atomic E-state index is -0.150. The number of carbonyl (C=O) groups excluding carboxylic acids is 2. The molecule has 0 radical (unpaired) electrons. The van der Waals surface area contributed by atoms with Crippen molar-refractivity contribution in [3.8, 4) is 0 Å². The van der Waals surface area contributed by atoms with Crippen molar-refractivity contribution in [2.75, 3.05) is 27.3 Å². The Labute approximate surface area is 152 Å². The van der Waals surface area contributed by atoms with E-state index in [1.165, 1.54) is 49.8 Å². The van der Waals surface area contributed by atoms with Crippen LogP contribution in [0.5, 0.6) is 0 Å². The summed E-state index contributed by atoms with van der Waals surface area (Å²) in [5.74, 6) is -0.301. The molecule has 1 aliphatic heterocycles. The summed E-state index contributed by atoms with van der Waals surface area (Å²) in [4.78, 5) is 26.4. The van der Waals surface area contributed by atoms with Gasteiger partial charge < -0.3 is 4.48 Å². The van der Waals surface area contributed by atoms with Crippen molar-refractivity contribution in [3.63, 3.8) is 0 Å². The number of unbranched alkanes of at least 4 members (excludes halogenated alkanes) is 7. The fraction of sp³-hybridized carbons (Fsp3) is 0.619. The second kappa shape index (κ2) is 9.14. The van der Waals surface area contributed by atoms with Gasteiger partial charge in [0.2, 0.25) is 0 Å². The zero-order valence-electron chi connectivity index (χ0n) is 16.1. The van der Waals surface area contributed by atoms with Crippen LogP contribution in [-0.2, 0) is 0 Å². The third-order valence-corrected chi connectivity index (χ3v) is 5.02. The number of quaternary nitrogens is 1. The average molecular weight is 346 g/mol. The van der Waals surface area contributed by atoms with E-state index in [1.807, 2.05) is 12.1 Å². The average Bonchev–Trinajstić information content (AvgIpc) is 2.82. The summed E-state index contributed by atoms with van der Waals surface area (Å²) in [6.07, 6.45) is 10.3. The Balaban J connectivity index is 1.74. The normalized spacial score (nSPS) is 14.3. The van der Waals surface area contributed by atoms with Crippen LogP contribution in [0.1, 0.15) is 79.0 Å². The monoisotopic (exact) mass is 345 g/mol. The van der Waals surface area contributed by atoms with Crippen molar-refractivity contribution in [2.45, 2.75) is 58.3 Å². The highest BCUT2D eigenvalue weighted by Gasteiger charge is 2.38. The van der Waals surface area contributed by atoms with Crippen molar-refractivity contribution in [1.82, 2.24) is 4.90 Å².